The van der Waals surface area contributed by atoms with Gasteiger partial charge in [-0.25, -0.2) is 0 Å². The van der Waals surface area contributed by atoms with Crippen LogP contribution in [0.4, 0.5) is 0 Å². The molecular formula is C73H145N7O7. The number of carbonyl (C=O) groups is 7. The quantitative estimate of drug-likeness (QED) is 0.0982. The Balaban J connectivity index is -0.000000221. The summed E-state index contributed by atoms with van der Waals surface area (Å²) in [6.07, 6.45) is 5.95. The largest absolute Gasteiger partial charge is 0.343 e. The molecule has 0 radical (unpaired) electrons. The summed E-state index contributed by atoms with van der Waals surface area (Å²) in [4.78, 5) is 93.1. The molecule has 2 unspecified atom stereocenters. The van der Waals surface area contributed by atoms with E-state index in [1.165, 1.54) is 0 Å². The average molecular weight is 1230 g/mol. The highest BCUT2D eigenvalue weighted by molar-refractivity contribution is 5.92. The lowest BCUT2D eigenvalue weighted by atomic mass is 10.0. The average Bonchev–Trinajstić information content (AvgIpc) is 4.06. The number of rotatable bonds is 22. The highest BCUT2D eigenvalue weighted by Gasteiger charge is 2.49. The second-order valence-corrected chi connectivity index (χ2v) is 28.0. The number of nitrogens with zero attached hydrogens (tertiary/aromatic N) is 7. The monoisotopic (exact) mass is 1230 g/mol. The van der Waals surface area contributed by atoms with Gasteiger partial charge in [0.15, 0.2) is 0 Å². The maximum Gasteiger partial charge on any atom is 0.248 e. The van der Waals surface area contributed by atoms with Crippen molar-refractivity contribution in [2.45, 2.75) is 283 Å². The van der Waals surface area contributed by atoms with Crippen molar-refractivity contribution in [3.63, 3.8) is 0 Å². The van der Waals surface area contributed by atoms with Crippen molar-refractivity contribution in [3.05, 3.63) is 35.5 Å². The van der Waals surface area contributed by atoms with Gasteiger partial charge in [-0.3, -0.25) is 33.6 Å². The Kier molecular flexibility index (Phi) is 51.1. The van der Waals surface area contributed by atoms with Crippen LogP contribution in [0.3, 0.4) is 0 Å². The van der Waals surface area contributed by atoms with Crippen molar-refractivity contribution in [2.75, 3.05) is 49.3 Å². The van der Waals surface area contributed by atoms with E-state index in [1.807, 2.05) is 115 Å². The Morgan fingerprint density at radius 2 is 0.621 bits per heavy atom. The van der Waals surface area contributed by atoms with Gasteiger partial charge in [0, 0.05) is 135 Å². The van der Waals surface area contributed by atoms with Crippen LogP contribution >= 0.6 is 0 Å². The third-order valence-electron chi connectivity index (χ3n) is 18.8. The van der Waals surface area contributed by atoms with Crippen LogP contribution < -0.4 is 0 Å². The van der Waals surface area contributed by atoms with E-state index in [9.17, 15) is 33.6 Å². The first-order valence-electron chi connectivity index (χ1n) is 33.2. The van der Waals surface area contributed by atoms with Gasteiger partial charge in [-0.05, 0) is 135 Å². The summed E-state index contributed by atoms with van der Waals surface area (Å²) in [7, 11) is 13.1. The highest BCUT2D eigenvalue weighted by Crippen LogP contribution is 2.46. The molecule has 14 nitrogen and oxygen atoms in total. The molecule has 1 aliphatic rings. The summed E-state index contributed by atoms with van der Waals surface area (Å²) < 4.78 is 0. The molecule has 9 atom stereocenters. The van der Waals surface area contributed by atoms with Crippen LogP contribution in [-0.2, 0) is 33.6 Å². The predicted molar refractivity (Wildman–Crippen MR) is 375 cm³/mol. The van der Waals surface area contributed by atoms with Crippen LogP contribution in [-0.4, -0.2) is 167 Å². The molecule has 0 heterocycles. The summed E-state index contributed by atoms with van der Waals surface area (Å²) in [6, 6.07) is 2.24. The van der Waals surface area contributed by atoms with Crippen LogP contribution in [0.15, 0.2) is 35.5 Å². The standard InChI is InChI=1S/3C12H23NO.C10H21NO.C10H19NO.C9H19NO.C8H17NO/c1-7(2)10(5)13(6)12(14)11-8(3)9(11)4;2*1-7-10(4)8-12(14)13(6)11(5)9(2)3;2*1-7(2)9(5)11(6)10(12)8(3)4;1-6-9(11)10(5)8(4)7(2)3;1-6(2)7(3)9(5)8(4)10/h7-11H,1-6H3;2*8-9,11H,7H2,1-6H3;7-9H,1-6H3;7,9H,3H2,1-2,4-6H3;7-8H,6H2,1-5H3;6-7H,1-5H3/b;10-8+;10-8-;;;;/t8?,9?,10-,11?;2*11-;2*9-;8-;7-/m0000000/s1. The molecule has 0 aromatic carbocycles. The zero-order chi connectivity index (χ0) is 70.7. The van der Waals surface area contributed by atoms with Gasteiger partial charge < -0.3 is 34.3 Å². The summed E-state index contributed by atoms with van der Waals surface area (Å²) in [6.45, 7) is 69.5. The normalized spacial score (nSPS) is 16.8. The molecule has 0 saturated heterocycles. The number of hydrogen-bond donors (Lipinski definition) is 0. The molecule has 7 amide bonds. The number of hydrogen-bond acceptors (Lipinski definition) is 7. The van der Waals surface area contributed by atoms with Crippen molar-refractivity contribution in [1.29, 1.82) is 0 Å². The van der Waals surface area contributed by atoms with Crippen molar-refractivity contribution in [1.82, 2.24) is 34.3 Å². The summed E-state index contributed by atoms with van der Waals surface area (Å²) in [5.74, 6) is 6.40. The van der Waals surface area contributed by atoms with E-state index in [0.29, 0.717) is 113 Å². The minimum atomic E-state index is 0.0381. The molecule has 1 aliphatic carbocycles. The van der Waals surface area contributed by atoms with Crippen LogP contribution in [0, 0.1) is 65.1 Å². The van der Waals surface area contributed by atoms with Crippen LogP contribution in [0.1, 0.15) is 241 Å². The molecule has 0 bridgehead atoms. The lowest BCUT2D eigenvalue weighted by Crippen LogP contribution is -2.40. The Hall–Kier alpha value is -4.49. The minimum Gasteiger partial charge on any atom is -0.343 e. The topological polar surface area (TPSA) is 142 Å². The maximum atomic E-state index is 12.0. The Labute approximate surface area is 539 Å². The van der Waals surface area contributed by atoms with Gasteiger partial charge in [0.2, 0.25) is 41.4 Å². The Morgan fingerprint density at radius 1 is 0.368 bits per heavy atom. The van der Waals surface area contributed by atoms with Gasteiger partial charge in [-0.1, -0.05) is 163 Å². The van der Waals surface area contributed by atoms with E-state index in [1.54, 1.807) is 35.8 Å². The number of allylic oxidation sites excluding steroid dienone is 2. The summed E-state index contributed by atoms with van der Waals surface area (Å²) in [5.41, 5.74) is 2.88. The fourth-order valence-corrected chi connectivity index (χ4v) is 7.77. The van der Waals surface area contributed by atoms with E-state index >= 15 is 0 Å². The number of likely N-dealkylation sites (N-methyl/N-ethyl adjacent to an activating group) is 3. The molecule has 0 aliphatic heterocycles. The van der Waals surface area contributed by atoms with E-state index < -0.39 is 0 Å². The first-order valence-corrected chi connectivity index (χ1v) is 33.2. The van der Waals surface area contributed by atoms with Gasteiger partial charge in [0.25, 0.3) is 0 Å². The van der Waals surface area contributed by atoms with Crippen molar-refractivity contribution in [3.8, 4) is 0 Å². The Morgan fingerprint density at radius 3 is 0.839 bits per heavy atom. The van der Waals surface area contributed by atoms with E-state index in [2.05, 4.69) is 173 Å². The SMILES string of the molecule is C=C(C)C(=O)N(C)[C@@H](C)C(C)C.CC(=O)N(C)[C@@H](C)C(C)C.CC(C)C(=O)N(C)[C@@H](C)C(C)C.CC/C(C)=C/C(=O)N(C)[C@@H](C)C(C)C.CC/C(C)=C\C(=O)N(C)[C@@H](C)C(C)C.CC1C(C)C1C(=O)N(C)[C@@H](C)C(C)C.CCC(=O)N(C)[C@@H](C)C(C)C. The van der Waals surface area contributed by atoms with E-state index in [0.717, 1.165) is 24.0 Å². The second-order valence-electron chi connectivity index (χ2n) is 28.0. The van der Waals surface area contributed by atoms with E-state index in [-0.39, 0.29) is 47.4 Å². The van der Waals surface area contributed by atoms with Crippen molar-refractivity contribution < 1.29 is 33.6 Å². The minimum absolute atomic E-state index is 0.0381. The first-order chi connectivity index (χ1) is 39.4. The highest BCUT2D eigenvalue weighted by atomic mass is 16.2. The van der Waals surface area contributed by atoms with Crippen LogP contribution in [0.2, 0.25) is 0 Å². The van der Waals surface area contributed by atoms with Gasteiger partial charge in [0.05, 0.1) is 0 Å². The molecule has 514 valence electrons. The van der Waals surface area contributed by atoms with Gasteiger partial charge in [-0.2, -0.15) is 0 Å². The third kappa shape index (κ3) is 38.6. The molecule has 0 aromatic heterocycles. The zero-order valence-corrected chi connectivity index (χ0v) is 64.4. The first kappa shape index (κ1) is 93.6. The summed E-state index contributed by atoms with van der Waals surface area (Å²) >= 11 is 0. The lowest BCUT2D eigenvalue weighted by molar-refractivity contribution is -0.136. The molecular weight excluding hydrogens is 1090 g/mol. The third-order valence-corrected chi connectivity index (χ3v) is 18.8. The summed E-state index contributed by atoms with van der Waals surface area (Å²) in [5, 5.41) is 0. The van der Waals surface area contributed by atoms with E-state index in [4.69, 9.17) is 0 Å². The van der Waals surface area contributed by atoms with Gasteiger partial charge in [0.1, 0.15) is 0 Å². The fourth-order valence-electron chi connectivity index (χ4n) is 7.77. The Bertz CT molecular complexity index is 1980. The van der Waals surface area contributed by atoms with Crippen molar-refractivity contribution >= 4 is 41.4 Å². The van der Waals surface area contributed by atoms with Gasteiger partial charge in [-0.15, -0.1) is 0 Å². The second kappa shape index (κ2) is 47.5. The molecule has 0 spiro atoms. The molecule has 14 heteroatoms. The van der Waals surface area contributed by atoms with Gasteiger partial charge >= 0.3 is 0 Å². The molecule has 87 heavy (non-hydrogen) atoms. The lowest BCUT2D eigenvalue weighted by Gasteiger charge is -2.29. The molecule has 1 saturated carbocycles. The smallest absolute Gasteiger partial charge is 0.248 e. The number of carbonyl (C=O) groups excluding carboxylic acids is 7. The van der Waals surface area contributed by atoms with Crippen LogP contribution in [0.5, 0.6) is 0 Å². The molecule has 0 N–H and O–H groups in total. The number of amides is 7. The predicted octanol–water partition coefficient (Wildman–Crippen LogP) is 15.7. The molecule has 1 fully saturated rings. The fraction of sp³-hybridized carbons (Fsp3) is 0.822. The maximum absolute atomic E-state index is 12.0. The molecule has 1 rings (SSSR count). The zero-order valence-electron chi connectivity index (χ0n) is 64.4. The van der Waals surface area contributed by atoms with Crippen molar-refractivity contribution in [2.24, 2.45) is 65.1 Å². The molecule has 0 aromatic rings. The van der Waals surface area contributed by atoms with Crippen LogP contribution in [0.25, 0.3) is 0 Å².